The molecule has 3 rings (SSSR count). The SMILES string of the molecule is Cc1nn(C)c(-n2cncn2)c1C(=O)Nc1ccc(OCCC(C)C)c(F)c1. The van der Waals surface area contributed by atoms with Gasteiger partial charge in [0.25, 0.3) is 5.91 Å². The monoisotopic (exact) mass is 386 g/mol. The standard InChI is InChI=1S/C19H23FN6O2/c1-12(2)7-8-28-16-6-5-14(9-15(16)20)23-18(27)17-13(3)24-25(4)19(17)26-11-21-10-22-26/h5-6,9-12H,7-8H2,1-4H3,(H,23,27). The smallest absolute Gasteiger partial charge is 0.261 e. The fourth-order valence-corrected chi connectivity index (χ4v) is 2.79. The summed E-state index contributed by atoms with van der Waals surface area (Å²) in [5.74, 6) is 0.176. The van der Waals surface area contributed by atoms with Gasteiger partial charge in [-0.05, 0) is 31.4 Å². The van der Waals surface area contributed by atoms with Gasteiger partial charge in [-0.1, -0.05) is 13.8 Å². The van der Waals surface area contributed by atoms with Crippen molar-refractivity contribution in [3.63, 3.8) is 0 Å². The summed E-state index contributed by atoms with van der Waals surface area (Å²) >= 11 is 0. The Balaban J connectivity index is 1.78. The van der Waals surface area contributed by atoms with Crippen LogP contribution < -0.4 is 10.1 Å². The first kappa shape index (κ1) is 19.5. The van der Waals surface area contributed by atoms with Gasteiger partial charge in [0, 0.05) is 18.8 Å². The Hall–Kier alpha value is -3.23. The molecule has 148 valence electrons. The highest BCUT2D eigenvalue weighted by Gasteiger charge is 2.22. The number of aromatic nitrogens is 5. The summed E-state index contributed by atoms with van der Waals surface area (Å²) in [5.41, 5.74) is 1.19. The third kappa shape index (κ3) is 4.19. The number of carbonyl (C=O) groups excluding carboxylic acids is 1. The molecule has 0 saturated heterocycles. The number of nitrogens with one attached hydrogen (secondary N) is 1. The van der Waals surface area contributed by atoms with E-state index in [1.165, 1.54) is 29.5 Å². The largest absolute Gasteiger partial charge is 0.491 e. The zero-order valence-corrected chi connectivity index (χ0v) is 16.3. The Bertz CT molecular complexity index is 965. The fourth-order valence-electron chi connectivity index (χ4n) is 2.79. The Morgan fingerprint density at radius 1 is 1.36 bits per heavy atom. The van der Waals surface area contributed by atoms with Crippen LogP contribution in [-0.2, 0) is 7.05 Å². The Labute approximate surface area is 162 Å². The van der Waals surface area contributed by atoms with Crippen LogP contribution in [0.15, 0.2) is 30.9 Å². The van der Waals surface area contributed by atoms with Crippen molar-refractivity contribution in [3.8, 4) is 11.6 Å². The molecular formula is C19H23FN6O2. The second-order valence-corrected chi connectivity index (χ2v) is 6.88. The molecule has 0 bridgehead atoms. The molecule has 0 aliphatic carbocycles. The van der Waals surface area contributed by atoms with Crippen LogP contribution in [0.25, 0.3) is 5.82 Å². The Morgan fingerprint density at radius 3 is 2.79 bits per heavy atom. The molecule has 0 saturated carbocycles. The molecule has 1 amide bonds. The van der Waals surface area contributed by atoms with Crippen LogP contribution in [0.4, 0.5) is 10.1 Å². The molecule has 0 fully saturated rings. The first-order valence-electron chi connectivity index (χ1n) is 8.99. The summed E-state index contributed by atoms with van der Waals surface area (Å²) in [6, 6.07) is 4.36. The number of ether oxygens (including phenoxy) is 1. The van der Waals surface area contributed by atoms with Gasteiger partial charge in [0.1, 0.15) is 18.2 Å². The summed E-state index contributed by atoms with van der Waals surface area (Å²) in [6.07, 6.45) is 3.69. The van der Waals surface area contributed by atoms with Crippen molar-refractivity contribution in [1.29, 1.82) is 0 Å². The molecule has 3 aromatic rings. The molecule has 9 heteroatoms. The number of carbonyl (C=O) groups is 1. The third-order valence-electron chi connectivity index (χ3n) is 4.20. The summed E-state index contributed by atoms with van der Waals surface area (Å²) in [6.45, 7) is 6.32. The lowest BCUT2D eigenvalue weighted by atomic mass is 10.1. The van der Waals surface area contributed by atoms with Gasteiger partial charge < -0.3 is 10.1 Å². The number of benzene rings is 1. The molecule has 0 radical (unpaired) electrons. The van der Waals surface area contributed by atoms with Gasteiger partial charge in [0.05, 0.1) is 12.3 Å². The second-order valence-electron chi connectivity index (χ2n) is 6.88. The van der Waals surface area contributed by atoms with Crippen molar-refractivity contribution in [3.05, 3.63) is 47.9 Å². The van der Waals surface area contributed by atoms with E-state index in [2.05, 4.69) is 34.3 Å². The van der Waals surface area contributed by atoms with Crippen molar-refractivity contribution >= 4 is 11.6 Å². The fraction of sp³-hybridized carbons (Fsp3) is 0.368. The van der Waals surface area contributed by atoms with Crippen molar-refractivity contribution < 1.29 is 13.9 Å². The minimum absolute atomic E-state index is 0.166. The van der Waals surface area contributed by atoms with Crippen LogP contribution in [0.1, 0.15) is 36.3 Å². The first-order valence-corrected chi connectivity index (χ1v) is 8.99. The highest BCUT2D eigenvalue weighted by atomic mass is 19.1. The lowest BCUT2D eigenvalue weighted by Crippen LogP contribution is -2.16. The van der Waals surface area contributed by atoms with E-state index in [0.29, 0.717) is 35.3 Å². The van der Waals surface area contributed by atoms with E-state index in [9.17, 15) is 9.18 Å². The van der Waals surface area contributed by atoms with Crippen molar-refractivity contribution in [2.45, 2.75) is 27.2 Å². The van der Waals surface area contributed by atoms with E-state index in [4.69, 9.17) is 4.74 Å². The molecule has 2 aromatic heterocycles. The molecule has 0 aliphatic heterocycles. The number of aryl methyl sites for hydroxylation is 2. The minimum atomic E-state index is -0.527. The highest BCUT2D eigenvalue weighted by molar-refractivity contribution is 6.07. The van der Waals surface area contributed by atoms with E-state index < -0.39 is 11.7 Å². The van der Waals surface area contributed by atoms with Crippen LogP contribution in [0.2, 0.25) is 0 Å². The summed E-state index contributed by atoms with van der Waals surface area (Å²) in [7, 11) is 1.71. The topological polar surface area (TPSA) is 86.9 Å². The third-order valence-corrected chi connectivity index (χ3v) is 4.20. The number of hydrogen-bond acceptors (Lipinski definition) is 5. The van der Waals surface area contributed by atoms with E-state index >= 15 is 0 Å². The van der Waals surface area contributed by atoms with E-state index in [1.54, 1.807) is 24.7 Å². The molecule has 8 nitrogen and oxygen atoms in total. The van der Waals surface area contributed by atoms with Crippen LogP contribution >= 0.6 is 0 Å². The normalized spacial score (nSPS) is 11.1. The van der Waals surface area contributed by atoms with Crippen molar-refractivity contribution in [2.24, 2.45) is 13.0 Å². The lowest BCUT2D eigenvalue weighted by Gasteiger charge is -2.11. The lowest BCUT2D eigenvalue weighted by molar-refractivity contribution is 0.102. The molecule has 0 unspecified atom stereocenters. The molecule has 1 N–H and O–H groups in total. The first-order chi connectivity index (χ1) is 13.4. The Kier molecular flexibility index (Phi) is 5.72. The van der Waals surface area contributed by atoms with E-state index in [1.807, 2.05) is 0 Å². The number of nitrogens with zero attached hydrogens (tertiary/aromatic N) is 5. The molecule has 1 aromatic carbocycles. The van der Waals surface area contributed by atoms with Crippen molar-refractivity contribution in [2.75, 3.05) is 11.9 Å². The van der Waals surface area contributed by atoms with Gasteiger partial charge in [0.15, 0.2) is 17.4 Å². The van der Waals surface area contributed by atoms with Crippen LogP contribution in [0.5, 0.6) is 5.75 Å². The van der Waals surface area contributed by atoms with Crippen LogP contribution in [0.3, 0.4) is 0 Å². The number of hydrogen-bond donors (Lipinski definition) is 1. The van der Waals surface area contributed by atoms with Gasteiger partial charge in [-0.3, -0.25) is 4.79 Å². The van der Waals surface area contributed by atoms with Crippen LogP contribution in [-0.4, -0.2) is 37.1 Å². The van der Waals surface area contributed by atoms with E-state index in [0.717, 1.165) is 6.42 Å². The molecule has 28 heavy (non-hydrogen) atoms. The predicted octanol–water partition coefficient (Wildman–Crippen LogP) is 3.13. The number of anilines is 1. The highest BCUT2D eigenvalue weighted by Crippen LogP contribution is 2.24. The van der Waals surface area contributed by atoms with Gasteiger partial charge in [-0.2, -0.15) is 10.2 Å². The average molecular weight is 386 g/mol. The second kappa shape index (κ2) is 8.20. The number of halogens is 1. The zero-order chi connectivity index (χ0) is 20.3. The molecule has 0 aliphatic rings. The van der Waals surface area contributed by atoms with Crippen molar-refractivity contribution in [1.82, 2.24) is 24.5 Å². The van der Waals surface area contributed by atoms with Gasteiger partial charge in [-0.25, -0.2) is 18.7 Å². The van der Waals surface area contributed by atoms with Gasteiger partial charge in [0.2, 0.25) is 0 Å². The van der Waals surface area contributed by atoms with E-state index in [-0.39, 0.29) is 5.75 Å². The average Bonchev–Trinajstić information content (AvgIpc) is 3.23. The number of rotatable bonds is 7. The molecular weight excluding hydrogens is 363 g/mol. The Morgan fingerprint density at radius 2 is 2.14 bits per heavy atom. The quantitative estimate of drug-likeness (QED) is 0.674. The maximum atomic E-state index is 14.3. The maximum absolute atomic E-state index is 14.3. The summed E-state index contributed by atoms with van der Waals surface area (Å²) < 4.78 is 22.8. The van der Waals surface area contributed by atoms with Crippen LogP contribution in [0, 0.1) is 18.7 Å². The zero-order valence-electron chi connectivity index (χ0n) is 16.3. The molecule has 2 heterocycles. The minimum Gasteiger partial charge on any atom is -0.491 e. The molecule has 0 spiro atoms. The summed E-state index contributed by atoms with van der Waals surface area (Å²) in [4.78, 5) is 16.7. The van der Waals surface area contributed by atoms with Gasteiger partial charge >= 0.3 is 0 Å². The summed E-state index contributed by atoms with van der Waals surface area (Å²) in [5, 5.41) is 11.1. The van der Waals surface area contributed by atoms with Gasteiger partial charge in [-0.15, -0.1) is 0 Å². The maximum Gasteiger partial charge on any atom is 0.261 e. The number of amides is 1. The predicted molar refractivity (Wildman–Crippen MR) is 102 cm³/mol. The molecule has 0 atom stereocenters.